The molecule has 0 aromatic heterocycles. The van der Waals surface area contributed by atoms with Crippen molar-refractivity contribution in [1.82, 2.24) is 0 Å². The highest BCUT2D eigenvalue weighted by Crippen LogP contribution is 2.29. The van der Waals surface area contributed by atoms with Crippen LogP contribution in [-0.2, 0) is 10.0 Å². The van der Waals surface area contributed by atoms with Crippen LogP contribution in [0.5, 0.6) is 0 Å². The molecule has 0 saturated heterocycles. The Morgan fingerprint density at radius 1 is 1.10 bits per heavy atom. The van der Waals surface area contributed by atoms with Gasteiger partial charge in [-0.2, -0.15) is 0 Å². The highest BCUT2D eigenvalue weighted by molar-refractivity contribution is 7.89. The maximum atomic E-state index is 13.6. The van der Waals surface area contributed by atoms with E-state index in [1.807, 2.05) is 25.7 Å². The minimum Gasteiger partial charge on any atom is -0.297 e. The van der Waals surface area contributed by atoms with Gasteiger partial charge in [-0.25, -0.2) is 8.60 Å². The molecule has 2 aromatic carbocycles. The number of hydrogen-bond donors (Lipinski definition) is 1. The summed E-state index contributed by atoms with van der Waals surface area (Å²) >= 11 is 0. The van der Waals surface area contributed by atoms with Crippen molar-refractivity contribution in [2.75, 3.05) is 0 Å². The Kier molecular flexibility index (Phi) is 4.32. The Morgan fingerprint density at radius 2 is 1.71 bits per heavy atom. The average molecular weight is 323 g/mol. The quantitative estimate of drug-likeness (QED) is 0.837. The molecule has 0 radical (unpaired) electrons. The van der Waals surface area contributed by atoms with Crippen LogP contribution in [0.3, 0.4) is 0 Å². The van der Waals surface area contributed by atoms with Gasteiger partial charge in [0.1, 0.15) is 5.82 Å². The molecule has 0 aliphatic carbocycles. The minimum absolute atomic E-state index is 0.164. The SMILES string of the molecule is C[Si](C)(C)N=S(=O)(O)c1ccc(F)cc1-c1ccccc1. The van der Waals surface area contributed by atoms with Gasteiger partial charge in [0.25, 0.3) is 0 Å². The van der Waals surface area contributed by atoms with Crippen LogP contribution in [0.15, 0.2) is 57.5 Å². The molecule has 0 saturated carbocycles. The molecule has 6 heteroatoms. The van der Waals surface area contributed by atoms with Gasteiger partial charge in [-0.05, 0) is 43.4 Å². The van der Waals surface area contributed by atoms with Crippen LogP contribution in [0.1, 0.15) is 0 Å². The predicted octanol–water partition coefficient (Wildman–Crippen LogP) is 4.63. The fraction of sp³-hybridized carbons (Fsp3) is 0.200. The molecule has 1 N–H and O–H groups in total. The summed E-state index contributed by atoms with van der Waals surface area (Å²) in [6.07, 6.45) is 0. The van der Waals surface area contributed by atoms with E-state index in [0.29, 0.717) is 11.1 Å². The molecule has 1 atom stereocenters. The third-order valence-electron chi connectivity index (χ3n) is 2.71. The highest BCUT2D eigenvalue weighted by atomic mass is 32.2. The molecule has 0 amide bonds. The average Bonchev–Trinajstić information content (AvgIpc) is 2.36. The summed E-state index contributed by atoms with van der Waals surface area (Å²) in [5.74, 6) is -0.444. The normalized spacial score (nSPS) is 14.5. The molecule has 2 rings (SSSR count). The molecular weight excluding hydrogens is 305 g/mol. The van der Waals surface area contributed by atoms with Crippen molar-refractivity contribution < 1.29 is 13.2 Å². The van der Waals surface area contributed by atoms with Crippen molar-refractivity contribution in [3.8, 4) is 11.1 Å². The lowest BCUT2D eigenvalue weighted by Crippen LogP contribution is -2.20. The smallest absolute Gasteiger partial charge is 0.187 e. The maximum absolute atomic E-state index is 13.6. The monoisotopic (exact) mass is 323 g/mol. The van der Waals surface area contributed by atoms with Crippen LogP contribution in [0.4, 0.5) is 4.39 Å². The van der Waals surface area contributed by atoms with E-state index in [2.05, 4.69) is 4.03 Å². The Labute approximate surface area is 125 Å². The van der Waals surface area contributed by atoms with Gasteiger partial charge in [-0.1, -0.05) is 30.3 Å². The predicted molar refractivity (Wildman–Crippen MR) is 86.6 cm³/mol. The summed E-state index contributed by atoms with van der Waals surface area (Å²) in [7, 11) is -5.65. The standard InChI is InChI=1S/C15H18FNO2SSi/c1-21(2,3)17-20(18,19)15-10-9-13(16)11-14(15)12-7-5-4-6-8-12/h4-11H,1-3H3,(H,17,18,19). The molecule has 2 aromatic rings. The largest absolute Gasteiger partial charge is 0.297 e. The Balaban J connectivity index is 2.72. The third-order valence-corrected chi connectivity index (χ3v) is 6.82. The number of benzene rings is 2. The highest BCUT2D eigenvalue weighted by Gasteiger charge is 2.21. The Hall–Kier alpha value is -1.50. The first kappa shape index (κ1) is 15.9. The van der Waals surface area contributed by atoms with Crippen molar-refractivity contribution in [3.05, 3.63) is 54.3 Å². The van der Waals surface area contributed by atoms with Crippen molar-refractivity contribution in [1.29, 1.82) is 0 Å². The lowest BCUT2D eigenvalue weighted by atomic mass is 10.1. The van der Waals surface area contributed by atoms with E-state index in [-0.39, 0.29) is 4.90 Å². The van der Waals surface area contributed by atoms with Gasteiger partial charge in [0, 0.05) is 5.56 Å². The second-order valence-electron chi connectivity index (χ2n) is 5.77. The first-order valence-corrected chi connectivity index (χ1v) is 11.5. The fourth-order valence-electron chi connectivity index (χ4n) is 2.00. The van der Waals surface area contributed by atoms with Crippen LogP contribution >= 0.6 is 0 Å². The van der Waals surface area contributed by atoms with Crippen LogP contribution in [0.25, 0.3) is 11.1 Å². The Bertz CT molecular complexity index is 763. The van der Waals surface area contributed by atoms with E-state index in [0.717, 1.165) is 0 Å². The first-order chi connectivity index (χ1) is 9.69. The van der Waals surface area contributed by atoms with Gasteiger partial charge >= 0.3 is 0 Å². The van der Waals surface area contributed by atoms with E-state index >= 15 is 0 Å². The van der Waals surface area contributed by atoms with Gasteiger partial charge in [0.2, 0.25) is 0 Å². The molecule has 3 nitrogen and oxygen atoms in total. The molecule has 0 fully saturated rings. The summed E-state index contributed by atoms with van der Waals surface area (Å²) in [4.78, 5) is 0.164. The molecule has 112 valence electrons. The lowest BCUT2D eigenvalue weighted by Gasteiger charge is -2.15. The molecule has 1 unspecified atom stereocenters. The second-order valence-corrected chi connectivity index (χ2v) is 12.3. The van der Waals surface area contributed by atoms with Crippen molar-refractivity contribution in [2.45, 2.75) is 24.5 Å². The molecular formula is C15H18FNO2SSi. The maximum Gasteiger partial charge on any atom is 0.187 e. The summed E-state index contributed by atoms with van der Waals surface area (Å²) in [5, 5.41) is 0. The van der Waals surface area contributed by atoms with Crippen LogP contribution in [0.2, 0.25) is 19.6 Å². The molecule has 0 aliphatic heterocycles. The number of halogens is 1. The van der Waals surface area contributed by atoms with Gasteiger partial charge in [-0.3, -0.25) is 8.58 Å². The van der Waals surface area contributed by atoms with Crippen LogP contribution in [-0.4, -0.2) is 17.0 Å². The second kappa shape index (κ2) is 5.71. The van der Waals surface area contributed by atoms with E-state index in [4.69, 9.17) is 0 Å². The van der Waals surface area contributed by atoms with Gasteiger partial charge < -0.3 is 0 Å². The zero-order chi connectivity index (χ0) is 15.7. The van der Waals surface area contributed by atoms with Gasteiger partial charge in [-0.15, -0.1) is 0 Å². The third kappa shape index (κ3) is 4.00. The summed E-state index contributed by atoms with van der Waals surface area (Å²) in [6.45, 7) is 5.65. The molecule has 0 bridgehead atoms. The van der Waals surface area contributed by atoms with E-state index < -0.39 is 24.1 Å². The lowest BCUT2D eigenvalue weighted by molar-refractivity contribution is 0.552. The van der Waals surface area contributed by atoms with Crippen LogP contribution < -0.4 is 0 Å². The van der Waals surface area contributed by atoms with Gasteiger partial charge in [0.15, 0.2) is 18.2 Å². The minimum atomic E-state index is -3.54. The Morgan fingerprint density at radius 3 is 2.29 bits per heavy atom. The summed E-state index contributed by atoms with van der Waals surface area (Å²) in [5.41, 5.74) is 1.10. The number of nitrogens with zero attached hydrogens (tertiary/aromatic N) is 1. The fourth-order valence-corrected chi connectivity index (χ4v) is 6.07. The van der Waals surface area contributed by atoms with E-state index in [1.54, 1.807) is 24.3 Å². The summed E-state index contributed by atoms with van der Waals surface area (Å²) in [6, 6.07) is 12.8. The zero-order valence-corrected chi connectivity index (χ0v) is 14.0. The topological polar surface area (TPSA) is 49.7 Å². The van der Waals surface area contributed by atoms with Gasteiger partial charge in [0.05, 0.1) is 4.90 Å². The first-order valence-electron chi connectivity index (χ1n) is 6.55. The molecule has 21 heavy (non-hydrogen) atoms. The van der Waals surface area contributed by atoms with E-state index in [9.17, 15) is 13.2 Å². The van der Waals surface area contributed by atoms with E-state index in [1.165, 1.54) is 18.2 Å². The van der Waals surface area contributed by atoms with Crippen molar-refractivity contribution >= 4 is 18.2 Å². The molecule has 0 aliphatic rings. The number of hydrogen-bond acceptors (Lipinski definition) is 2. The molecule has 0 heterocycles. The molecule has 0 spiro atoms. The van der Waals surface area contributed by atoms with Crippen molar-refractivity contribution in [2.24, 2.45) is 4.03 Å². The summed E-state index contributed by atoms with van der Waals surface area (Å²) < 4.78 is 40.6. The van der Waals surface area contributed by atoms with Crippen molar-refractivity contribution in [3.63, 3.8) is 0 Å². The van der Waals surface area contributed by atoms with Crippen LogP contribution in [0, 0.1) is 5.82 Å². The zero-order valence-electron chi connectivity index (χ0n) is 12.2. The number of rotatable bonds is 3.